The quantitative estimate of drug-likeness (QED) is 0.689. The van der Waals surface area contributed by atoms with Gasteiger partial charge in [-0.1, -0.05) is 35.9 Å². The molecule has 0 fully saturated rings. The van der Waals surface area contributed by atoms with Crippen molar-refractivity contribution in [3.63, 3.8) is 0 Å². The monoisotopic (exact) mass is 288 g/mol. The predicted molar refractivity (Wildman–Crippen MR) is 96.2 cm³/mol. The van der Waals surface area contributed by atoms with Crippen LogP contribution in [-0.2, 0) is 0 Å². The van der Waals surface area contributed by atoms with Gasteiger partial charge in [-0.3, -0.25) is 4.98 Å². The van der Waals surface area contributed by atoms with Gasteiger partial charge in [0.15, 0.2) is 0 Å². The lowest BCUT2D eigenvalue weighted by molar-refractivity contribution is 1.13. The van der Waals surface area contributed by atoms with E-state index < -0.39 is 0 Å². The van der Waals surface area contributed by atoms with Crippen molar-refractivity contribution < 1.29 is 0 Å². The molecule has 22 heavy (non-hydrogen) atoms. The molecule has 0 aliphatic heterocycles. The summed E-state index contributed by atoms with van der Waals surface area (Å²) in [6, 6.07) is 17.0. The molecule has 0 aliphatic carbocycles. The molecule has 2 aromatic carbocycles. The summed E-state index contributed by atoms with van der Waals surface area (Å²) in [5, 5.41) is 1.20. The normalized spacial score (nSPS) is 11.2. The van der Waals surface area contributed by atoms with Gasteiger partial charge in [-0.15, -0.1) is 0 Å². The van der Waals surface area contributed by atoms with Crippen LogP contribution in [0.3, 0.4) is 0 Å². The Morgan fingerprint density at radius 1 is 0.909 bits per heavy atom. The molecule has 0 N–H and O–H groups in total. The van der Waals surface area contributed by atoms with Crippen LogP contribution in [0.5, 0.6) is 0 Å². The van der Waals surface area contributed by atoms with Crippen LogP contribution in [0.4, 0.5) is 5.69 Å². The average Bonchev–Trinajstić information content (AvgIpc) is 2.53. The zero-order valence-electron chi connectivity index (χ0n) is 13.2. The third-order valence-electron chi connectivity index (χ3n) is 3.80. The van der Waals surface area contributed by atoms with Gasteiger partial charge >= 0.3 is 0 Å². The van der Waals surface area contributed by atoms with E-state index in [1.165, 1.54) is 27.8 Å². The molecule has 0 aliphatic rings. The van der Waals surface area contributed by atoms with E-state index >= 15 is 0 Å². The molecule has 0 amide bonds. The summed E-state index contributed by atoms with van der Waals surface area (Å²) >= 11 is 0. The Kier molecular flexibility index (Phi) is 3.92. The molecule has 0 atom stereocenters. The molecule has 0 saturated carbocycles. The minimum absolute atomic E-state index is 1.04. The Balaban J connectivity index is 1.93. The third kappa shape index (κ3) is 3.01. The highest BCUT2D eigenvalue weighted by Gasteiger charge is 2.00. The number of hydrogen-bond donors (Lipinski definition) is 0. The Morgan fingerprint density at radius 3 is 2.41 bits per heavy atom. The molecule has 0 bridgehead atoms. The molecule has 0 unspecified atom stereocenters. The van der Waals surface area contributed by atoms with Gasteiger partial charge in [-0.05, 0) is 48.4 Å². The standard InChI is InChI=1S/C20H20N2/c1-15-4-11-20-19(14-15)17(12-13-21-20)8-5-16-6-9-18(10-7-16)22(2)3/h4-14H,1-3H3/b8-5+. The highest BCUT2D eigenvalue weighted by Crippen LogP contribution is 2.21. The Bertz CT molecular complexity index is 815. The summed E-state index contributed by atoms with van der Waals surface area (Å²) in [5.41, 5.74) is 5.90. The minimum Gasteiger partial charge on any atom is -0.378 e. The van der Waals surface area contributed by atoms with Crippen LogP contribution in [0.1, 0.15) is 16.7 Å². The number of fused-ring (bicyclic) bond motifs is 1. The molecule has 110 valence electrons. The van der Waals surface area contributed by atoms with Crippen molar-refractivity contribution in [2.24, 2.45) is 0 Å². The lowest BCUT2D eigenvalue weighted by Gasteiger charge is -2.11. The number of anilines is 1. The van der Waals surface area contributed by atoms with Crippen LogP contribution in [0.15, 0.2) is 54.7 Å². The van der Waals surface area contributed by atoms with Crippen LogP contribution in [-0.4, -0.2) is 19.1 Å². The molecule has 0 spiro atoms. The van der Waals surface area contributed by atoms with Crippen LogP contribution >= 0.6 is 0 Å². The van der Waals surface area contributed by atoms with E-state index in [4.69, 9.17) is 0 Å². The molecule has 2 heteroatoms. The van der Waals surface area contributed by atoms with Crippen molar-refractivity contribution in [1.82, 2.24) is 4.98 Å². The molecule has 1 heterocycles. The summed E-state index contributed by atoms with van der Waals surface area (Å²) in [6.07, 6.45) is 6.18. The molecule has 3 rings (SSSR count). The zero-order chi connectivity index (χ0) is 15.5. The SMILES string of the molecule is Cc1ccc2nccc(/C=C/c3ccc(N(C)C)cc3)c2c1. The van der Waals surface area contributed by atoms with Crippen LogP contribution in [0.25, 0.3) is 23.1 Å². The summed E-state index contributed by atoms with van der Waals surface area (Å²) in [5.74, 6) is 0. The number of aryl methyl sites for hydroxylation is 1. The number of rotatable bonds is 3. The predicted octanol–water partition coefficient (Wildman–Crippen LogP) is 4.78. The molecule has 1 aromatic heterocycles. The van der Waals surface area contributed by atoms with Gasteiger partial charge in [-0.2, -0.15) is 0 Å². The second-order valence-electron chi connectivity index (χ2n) is 5.74. The lowest BCUT2D eigenvalue weighted by atomic mass is 10.1. The van der Waals surface area contributed by atoms with E-state index in [9.17, 15) is 0 Å². The topological polar surface area (TPSA) is 16.1 Å². The fourth-order valence-corrected chi connectivity index (χ4v) is 2.50. The molecule has 3 aromatic rings. The molecule has 0 saturated heterocycles. The van der Waals surface area contributed by atoms with Gasteiger partial charge in [0.1, 0.15) is 0 Å². The van der Waals surface area contributed by atoms with Crippen molar-refractivity contribution in [2.45, 2.75) is 6.92 Å². The summed E-state index contributed by atoms with van der Waals surface area (Å²) in [7, 11) is 4.10. The van der Waals surface area contributed by atoms with Crippen molar-refractivity contribution in [3.05, 3.63) is 71.4 Å². The maximum Gasteiger partial charge on any atom is 0.0708 e. The fraction of sp³-hybridized carbons (Fsp3) is 0.150. The molecule has 2 nitrogen and oxygen atoms in total. The zero-order valence-corrected chi connectivity index (χ0v) is 13.2. The highest BCUT2D eigenvalue weighted by molar-refractivity contribution is 5.90. The average molecular weight is 288 g/mol. The van der Waals surface area contributed by atoms with Gasteiger partial charge in [0.25, 0.3) is 0 Å². The van der Waals surface area contributed by atoms with E-state index in [1.54, 1.807) is 0 Å². The summed E-state index contributed by atoms with van der Waals surface area (Å²) in [4.78, 5) is 6.53. The number of aromatic nitrogens is 1. The second kappa shape index (κ2) is 6.02. The van der Waals surface area contributed by atoms with Gasteiger partial charge in [-0.25, -0.2) is 0 Å². The van der Waals surface area contributed by atoms with E-state index in [0.717, 1.165) is 5.52 Å². The summed E-state index contributed by atoms with van der Waals surface area (Å²) in [6.45, 7) is 2.11. The number of pyridine rings is 1. The van der Waals surface area contributed by atoms with Crippen molar-refractivity contribution in [3.8, 4) is 0 Å². The number of benzene rings is 2. The van der Waals surface area contributed by atoms with E-state index in [2.05, 4.69) is 91.6 Å². The first-order valence-electron chi connectivity index (χ1n) is 7.44. The van der Waals surface area contributed by atoms with Gasteiger partial charge in [0, 0.05) is 31.4 Å². The Morgan fingerprint density at radius 2 is 1.68 bits per heavy atom. The summed E-state index contributed by atoms with van der Waals surface area (Å²) < 4.78 is 0. The Hall–Kier alpha value is -2.61. The maximum absolute atomic E-state index is 4.43. The first-order valence-corrected chi connectivity index (χ1v) is 7.44. The van der Waals surface area contributed by atoms with Crippen LogP contribution in [0, 0.1) is 6.92 Å². The van der Waals surface area contributed by atoms with Crippen LogP contribution < -0.4 is 4.90 Å². The largest absolute Gasteiger partial charge is 0.378 e. The van der Waals surface area contributed by atoms with Crippen molar-refractivity contribution in [2.75, 3.05) is 19.0 Å². The molecule has 0 radical (unpaired) electrons. The van der Waals surface area contributed by atoms with Gasteiger partial charge < -0.3 is 4.90 Å². The number of nitrogens with zero attached hydrogens (tertiary/aromatic N) is 2. The van der Waals surface area contributed by atoms with Crippen LogP contribution in [0.2, 0.25) is 0 Å². The van der Waals surface area contributed by atoms with Gasteiger partial charge in [0.05, 0.1) is 5.52 Å². The maximum atomic E-state index is 4.43. The smallest absolute Gasteiger partial charge is 0.0708 e. The minimum atomic E-state index is 1.04. The Labute approximate surface area is 131 Å². The van der Waals surface area contributed by atoms with E-state index in [0.29, 0.717) is 0 Å². The van der Waals surface area contributed by atoms with Crippen molar-refractivity contribution in [1.29, 1.82) is 0 Å². The number of hydrogen-bond acceptors (Lipinski definition) is 2. The molecular weight excluding hydrogens is 268 g/mol. The first kappa shape index (κ1) is 14.3. The highest BCUT2D eigenvalue weighted by atomic mass is 15.1. The fourth-order valence-electron chi connectivity index (χ4n) is 2.50. The third-order valence-corrected chi connectivity index (χ3v) is 3.80. The van der Waals surface area contributed by atoms with Gasteiger partial charge in [0.2, 0.25) is 0 Å². The second-order valence-corrected chi connectivity index (χ2v) is 5.74. The van der Waals surface area contributed by atoms with Crippen molar-refractivity contribution >= 4 is 28.7 Å². The lowest BCUT2D eigenvalue weighted by Crippen LogP contribution is -2.07. The molecular formula is C20H20N2. The first-order chi connectivity index (χ1) is 10.6. The van der Waals surface area contributed by atoms with E-state index in [-0.39, 0.29) is 0 Å². The van der Waals surface area contributed by atoms with E-state index in [1.807, 2.05) is 6.20 Å².